The van der Waals surface area contributed by atoms with Gasteiger partial charge in [0.1, 0.15) is 23.7 Å². The Kier molecular flexibility index (Phi) is 7.00. The molecule has 1 aromatic carbocycles. The van der Waals surface area contributed by atoms with Crippen LogP contribution in [0.4, 0.5) is 10.2 Å². The Morgan fingerprint density at radius 3 is 2.75 bits per heavy atom. The normalized spacial score (nSPS) is 21.9. The van der Waals surface area contributed by atoms with Gasteiger partial charge in [0.15, 0.2) is 30.0 Å². The SMILES string of the molecule is CCC(=O)O[C@H]1[C@@H](F)[C@H](n2cnc3c(N)ncnc32)O[C@@H]1CNS(=O)(=O)NC(=O)c1ccccc1O. The molecular formula is C20H22FN7O7S. The number of alkyl halides is 1. The average molecular weight is 524 g/mol. The number of phenols is 1. The molecule has 4 atom stereocenters. The molecule has 1 amide bonds. The van der Waals surface area contributed by atoms with Gasteiger partial charge in [-0.1, -0.05) is 19.1 Å². The summed E-state index contributed by atoms with van der Waals surface area (Å²) in [5.41, 5.74) is 5.86. The molecular weight excluding hydrogens is 501 g/mol. The van der Waals surface area contributed by atoms with Crippen molar-refractivity contribution in [1.29, 1.82) is 0 Å². The van der Waals surface area contributed by atoms with E-state index in [0.717, 1.165) is 6.33 Å². The zero-order valence-electron chi connectivity index (χ0n) is 18.7. The van der Waals surface area contributed by atoms with Gasteiger partial charge in [0.2, 0.25) is 0 Å². The van der Waals surface area contributed by atoms with Crippen LogP contribution in [-0.4, -0.2) is 69.8 Å². The lowest BCUT2D eigenvalue weighted by Crippen LogP contribution is -2.46. The van der Waals surface area contributed by atoms with E-state index in [9.17, 15) is 23.1 Å². The second kappa shape index (κ2) is 10.00. The van der Waals surface area contributed by atoms with Crippen molar-refractivity contribution in [3.05, 3.63) is 42.5 Å². The quantitative estimate of drug-likeness (QED) is 0.288. The molecule has 4 rings (SSSR count). The molecule has 36 heavy (non-hydrogen) atoms. The predicted molar refractivity (Wildman–Crippen MR) is 121 cm³/mol. The van der Waals surface area contributed by atoms with Crippen molar-refractivity contribution in [1.82, 2.24) is 29.0 Å². The number of nitrogens with two attached hydrogens (primary N) is 1. The van der Waals surface area contributed by atoms with Crippen LogP contribution in [0.5, 0.6) is 5.75 Å². The number of amides is 1. The Hall–Kier alpha value is -3.89. The number of aromatic hydroxyl groups is 1. The Bertz CT molecular complexity index is 1400. The molecule has 1 aliphatic rings. The Balaban J connectivity index is 1.52. The third-order valence-corrected chi connectivity index (χ3v) is 6.34. The number of rotatable bonds is 8. The number of ether oxygens (including phenoxy) is 2. The van der Waals surface area contributed by atoms with Crippen molar-refractivity contribution in [2.75, 3.05) is 12.3 Å². The number of aromatic nitrogens is 4. The van der Waals surface area contributed by atoms with Crippen molar-refractivity contribution < 1.29 is 37.0 Å². The summed E-state index contributed by atoms with van der Waals surface area (Å²) in [6.07, 6.45) is -3.76. The van der Waals surface area contributed by atoms with Crippen LogP contribution in [0.1, 0.15) is 29.9 Å². The van der Waals surface area contributed by atoms with E-state index in [1.54, 1.807) is 4.72 Å². The van der Waals surface area contributed by atoms with Crippen molar-refractivity contribution in [2.24, 2.45) is 0 Å². The minimum absolute atomic E-state index is 0.0548. The minimum atomic E-state index is -4.48. The molecule has 0 unspecified atom stereocenters. The lowest BCUT2D eigenvalue weighted by Gasteiger charge is -2.20. The first-order valence-electron chi connectivity index (χ1n) is 10.6. The van der Waals surface area contributed by atoms with Gasteiger partial charge in [0.25, 0.3) is 5.91 Å². The van der Waals surface area contributed by atoms with Crippen LogP contribution in [-0.2, 0) is 24.5 Å². The molecule has 2 aromatic heterocycles. The Morgan fingerprint density at radius 1 is 1.28 bits per heavy atom. The fourth-order valence-electron chi connectivity index (χ4n) is 3.59. The molecule has 0 radical (unpaired) electrons. The van der Waals surface area contributed by atoms with Crippen LogP contribution in [0.2, 0.25) is 0 Å². The highest BCUT2D eigenvalue weighted by Crippen LogP contribution is 2.35. The smallest absolute Gasteiger partial charge is 0.305 e. The fraction of sp³-hybridized carbons (Fsp3) is 0.350. The number of halogens is 1. The van der Waals surface area contributed by atoms with Gasteiger partial charge in [-0.2, -0.15) is 13.1 Å². The van der Waals surface area contributed by atoms with Crippen LogP contribution >= 0.6 is 0 Å². The number of nitrogens with zero attached hydrogens (tertiary/aromatic N) is 4. The third kappa shape index (κ3) is 5.05. The van der Waals surface area contributed by atoms with Crippen LogP contribution in [0.3, 0.4) is 0 Å². The lowest BCUT2D eigenvalue weighted by atomic mass is 10.1. The summed E-state index contributed by atoms with van der Waals surface area (Å²) in [5.74, 6) is -2.18. The zero-order chi connectivity index (χ0) is 26.0. The van der Waals surface area contributed by atoms with Gasteiger partial charge < -0.3 is 20.3 Å². The number of fused-ring (bicyclic) bond motifs is 1. The number of esters is 1. The van der Waals surface area contributed by atoms with E-state index in [1.807, 2.05) is 0 Å². The number of anilines is 1. The third-order valence-electron chi connectivity index (χ3n) is 5.33. The summed E-state index contributed by atoms with van der Waals surface area (Å²) in [6.45, 7) is 0.948. The molecule has 192 valence electrons. The van der Waals surface area contributed by atoms with Gasteiger partial charge in [0.05, 0.1) is 11.9 Å². The molecule has 0 bridgehead atoms. The second-order valence-electron chi connectivity index (χ2n) is 7.70. The summed E-state index contributed by atoms with van der Waals surface area (Å²) in [5, 5.41) is 9.75. The average Bonchev–Trinajstić information content (AvgIpc) is 3.40. The standard InChI is InChI=1S/C20H22FN7O7S/c1-2-13(30)35-16-12(7-26-36(32,33)27-19(31)10-5-3-4-6-11(10)29)34-20(14(16)21)28-9-25-15-17(22)23-8-24-18(15)28/h3-6,8-9,12,14,16,20,26,29H,2,7H2,1H3,(H,27,31)(H2,22,23,24)/t12-,14-,16-,20-/m1/s1. The highest BCUT2D eigenvalue weighted by molar-refractivity contribution is 7.88. The summed E-state index contributed by atoms with van der Waals surface area (Å²) < 4.78 is 56.3. The largest absolute Gasteiger partial charge is 0.507 e. The van der Waals surface area contributed by atoms with Gasteiger partial charge in [-0.15, -0.1) is 0 Å². The van der Waals surface area contributed by atoms with Crippen molar-refractivity contribution in [2.45, 2.75) is 38.0 Å². The first-order valence-corrected chi connectivity index (χ1v) is 12.1. The summed E-state index contributed by atoms with van der Waals surface area (Å²) in [4.78, 5) is 36.1. The highest BCUT2D eigenvalue weighted by atomic mass is 32.2. The number of para-hydroxylation sites is 1. The zero-order valence-corrected chi connectivity index (χ0v) is 19.6. The molecule has 0 spiro atoms. The number of carbonyl (C=O) groups is 2. The van der Waals surface area contributed by atoms with Crippen molar-refractivity contribution in [3.63, 3.8) is 0 Å². The van der Waals surface area contributed by atoms with E-state index in [-0.39, 0.29) is 29.0 Å². The molecule has 1 aliphatic heterocycles. The molecule has 14 nitrogen and oxygen atoms in total. The van der Waals surface area contributed by atoms with Gasteiger partial charge in [0, 0.05) is 13.0 Å². The molecule has 1 saturated heterocycles. The molecule has 3 heterocycles. The first kappa shape index (κ1) is 25.2. The second-order valence-corrected chi connectivity index (χ2v) is 9.20. The van der Waals surface area contributed by atoms with Crippen LogP contribution in [0.15, 0.2) is 36.9 Å². The van der Waals surface area contributed by atoms with Crippen LogP contribution in [0, 0.1) is 0 Å². The van der Waals surface area contributed by atoms with E-state index >= 15 is 4.39 Å². The van der Waals surface area contributed by atoms with Crippen molar-refractivity contribution >= 4 is 39.1 Å². The number of hydrogen-bond donors (Lipinski definition) is 4. The fourth-order valence-corrected chi connectivity index (χ4v) is 4.39. The monoisotopic (exact) mass is 523 g/mol. The molecule has 0 aliphatic carbocycles. The van der Waals surface area contributed by atoms with Crippen LogP contribution in [0.25, 0.3) is 11.2 Å². The highest BCUT2D eigenvalue weighted by Gasteiger charge is 2.49. The van der Waals surface area contributed by atoms with E-state index < -0.39 is 59.0 Å². The number of carbonyl (C=O) groups excluding carboxylic acids is 2. The molecule has 5 N–H and O–H groups in total. The maximum absolute atomic E-state index is 15.5. The lowest BCUT2D eigenvalue weighted by molar-refractivity contribution is -0.153. The van der Waals surface area contributed by atoms with Crippen molar-refractivity contribution in [3.8, 4) is 5.75 Å². The van der Waals surface area contributed by atoms with Gasteiger partial charge in [-0.3, -0.25) is 14.2 Å². The predicted octanol–water partition coefficient (Wildman–Crippen LogP) is -0.0642. The first-order chi connectivity index (χ1) is 17.1. The van der Waals surface area contributed by atoms with E-state index in [4.69, 9.17) is 15.2 Å². The molecule has 3 aromatic rings. The minimum Gasteiger partial charge on any atom is -0.507 e. The van der Waals surface area contributed by atoms with E-state index in [1.165, 1.54) is 42.1 Å². The van der Waals surface area contributed by atoms with E-state index in [0.29, 0.717) is 0 Å². The van der Waals surface area contributed by atoms with Gasteiger partial charge >= 0.3 is 16.2 Å². The molecule has 16 heteroatoms. The summed E-state index contributed by atoms with van der Waals surface area (Å²) >= 11 is 0. The molecule has 1 fully saturated rings. The Morgan fingerprint density at radius 2 is 2.03 bits per heavy atom. The number of benzene rings is 1. The maximum atomic E-state index is 15.5. The number of phenolic OH excluding ortho intramolecular Hbond substituents is 1. The number of imidazole rings is 1. The Labute approximate surface area is 203 Å². The van der Waals surface area contributed by atoms with Gasteiger partial charge in [-0.05, 0) is 12.1 Å². The van der Waals surface area contributed by atoms with Crippen LogP contribution < -0.4 is 15.2 Å². The van der Waals surface area contributed by atoms with Gasteiger partial charge in [-0.25, -0.2) is 24.1 Å². The number of nitrogen functional groups attached to an aromatic ring is 1. The number of hydrogen-bond acceptors (Lipinski definition) is 11. The summed E-state index contributed by atoms with van der Waals surface area (Å²) in [7, 11) is -4.48. The topological polar surface area (TPSA) is 201 Å². The number of nitrogens with one attached hydrogen (secondary N) is 2. The maximum Gasteiger partial charge on any atom is 0.305 e. The summed E-state index contributed by atoms with van der Waals surface area (Å²) in [6, 6.07) is 5.34. The molecule has 0 saturated carbocycles. The van der Waals surface area contributed by atoms with E-state index in [2.05, 4.69) is 19.7 Å².